The minimum absolute atomic E-state index is 0.691. The van der Waals surface area contributed by atoms with Crippen LogP contribution in [0.2, 0.25) is 0 Å². The van der Waals surface area contributed by atoms with Crippen LogP contribution >= 0.6 is 0 Å². The molecule has 3 heterocycles. The summed E-state index contributed by atoms with van der Waals surface area (Å²) in [5.74, 6) is 0. The van der Waals surface area contributed by atoms with Crippen LogP contribution in [-0.2, 0) is 0 Å². The molecule has 3 unspecified atom stereocenters. The molecule has 0 saturated carbocycles. The Morgan fingerprint density at radius 1 is 0.923 bits per heavy atom. The van der Waals surface area contributed by atoms with E-state index in [1.807, 2.05) is 0 Å². The predicted octanol–water partition coefficient (Wildman–Crippen LogP) is -1.10. The van der Waals surface area contributed by atoms with E-state index in [-0.39, 0.29) is 0 Å². The first-order chi connectivity index (χ1) is 6.45. The molecule has 13 heavy (non-hydrogen) atoms. The number of hydrogen-bond acceptors (Lipinski definition) is 4. The molecule has 3 aliphatic heterocycles. The van der Waals surface area contributed by atoms with Crippen molar-refractivity contribution in [3.8, 4) is 0 Å². The largest absolute Gasteiger partial charge is 0.312 e. The first kappa shape index (κ1) is 8.17. The van der Waals surface area contributed by atoms with Crippen LogP contribution in [0, 0.1) is 0 Å². The zero-order chi connectivity index (χ0) is 8.67. The summed E-state index contributed by atoms with van der Waals surface area (Å²) in [6.45, 7) is 4.62. The molecule has 0 aromatic carbocycles. The van der Waals surface area contributed by atoms with Crippen molar-refractivity contribution in [2.45, 2.75) is 31.0 Å². The molecular weight excluding hydrogens is 164 g/mol. The van der Waals surface area contributed by atoms with Crippen LogP contribution in [0.3, 0.4) is 0 Å². The van der Waals surface area contributed by atoms with Crippen molar-refractivity contribution in [3.63, 3.8) is 0 Å². The number of rotatable bonds is 0. The minimum Gasteiger partial charge on any atom is -0.312 e. The van der Waals surface area contributed by atoms with Crippen molar-refractivity contribution >= 4 is 0 Å². The van der Waals surface area contributed by atoms with Gasteiger partial charge in [0.15, 0.2) is 0 Å². The van der Waals surface area contributed by atoms with Gasteiger partial charge in [-0.25, -0.2) is 5.01 Å². The lowest BCUT2D eigenvalue weighted by molar-refractivity contribution is -0.00607. The number of hydrogen-bond donors (Lipinski definition) is 3. The molecule has 3 fully saturated rings. The molecule has 0 aromatic heterocycles. The number of nitrogens with zero attached hydrogens (tertiary/aromatic N) is 1. The number of nitrogens with one attached hydrogen (secondary N) is 3. The van der Waals surface area contributed by atoms with Gasteiger partial charge in [0.2, 0.25) is 0 Å². The summed E-state index contributed by atoms with van der Waals surface area (Å²) in [6.07, 6.45) is 2.55. The second kappa shape index (κ2) is 3.20. The Morgan fingerprint density at radius 2 is 1.69 bits per heavy atom. The summed E-state index contributed by atoms with van der Waals surface area (Å²) < 4.78 is 0. The van der Waals surface area contributed by atoms with Gasteiger partial charge in [-0.15, -0.1) is 0 Å². The molecule has 3 aliphatic rings. The molecule has 3 atom stereocenters. The predicted molar refractivity (Wildman–Crippen MR) is 51.3 cm³/mol. The van der Waals surface area contributed by atoms with Crippen LogP contribution < -0.4 is 16.1 Å². The SMILES string of the molecule is C1CN2NCCC3NCCC(N1)C32. The lowest BCUT2D eigenvalue weighted by atomic mass is 9.88. The lowest BCUT2D eigenvalue weighted by Gasteiger charge is -2.51. The summed E-state index contributed by atoms with van der Waals surface area (Å²) in [5.41, 5.74) is 3.50. The second-order valence-corrected chi connectivity index (χ2v) is 4.29. The van der Waals surface area contributed by atoms with E-state index in [0.29, 0.717) is 18.1 Å². The highest BCUT2D eigenvalue weighted by atomic mass is 15.6. The molecule has 0 aromatic rings. The monoisotopic (exact) mass is 182 g/mol. The third kappa shape index (κ3) is 1.29. The summed E-state index contributed by atoms with van der Waals surface area (Å²) in [5, 5.41) is 9.70. The molecule has 3 saturated heterocycles. The van der Waals surface area contributed by atoms with Gasteiger partial charge < -0.3 is 10.6 Å². The summed E-state index contributed by atoms with van der Waals surface area (Å²) in [6, 6.07) is 2.12. The molecule has 3 rings (SSSR count). The first-order valence-electron chi connectivity index (χ1n) is 5.42. The van der Waals surface area contributed by atoms with Gasteiger partial charge in [0.05, 0.1) is 6.04 Å². The maximum atomic E-state index is 3.63. The molecule has 0 spiro atoms. The zero-order valence-electron chi connectivity index (χ0n) is 7.92. The fourth-order valence-electron chi connectivity index (χ4n) is 2.99. The van der Waals surface area contributed by atoms with Gasteiger partial charge in [-0.2, -0.15) is 0 Å². The van der Waals surface area contributed by atoms with Crippen molar-refractivity contribution in [2.24, 2.45) is 0 Å². The average Bonchev–Trinajstić information content (AvgIpc) is 2.19. The molecule has 0 bridgehead atoms. The highest BCUT2D eigenvalue weighted by molar-refractivity contribution is 5.01. The van der Waals surface area contributed by atoms with Crippen LogP contribution in [0.25, 0.3) is 0 Å². The van der Waals surface area contributed by atoms with Crippen molar-refractivity contribution in [3.05, 3.63) is 0 Å². The molecule has 0 amide bonds. The molecule has 4 nitrogen and oxygen atoms in total. The van der Waals surface area contributed by atoms with Crippen molar-refractivity contribution in [1.82, 2.24) is 21.1 Å². The van der Waals surface area contributed by atoms with Gasteiger partial charge >= 0.3 is 0 Å². The van der Waals surface area contributed by atoms with Crippen LogP contribution in [0.5, 0.6) is 0 Å². The minimum atomic E-state index is 0.691. The highest BCUT2D eigenvalue weighted by Crippen LogP contribution is 2.22. The Bertz CT molecular complexity index is 151. The standard InChI is InChI=1S/C9H18N4/c1-3-10-8-2-4-12-13-6-5-11-7(1)9(8)13/h7-12H,1-6H2. The smallest absolute Gasteiger partial charge is 0.0551 e. The molecule has 4 heteroatoms. The third-order valence-electron chi connectivity index (χ3n) is 3.58. The first-order valence-corrected chi connectivity index (χ1v) is 5.42. The summed E-state index contributed by atoms with van der Waals surface area (Å²) >= 11 is 0. The topological polar surface area (TPSA) is 39.3 Å². The lowest BCUT2D eigenvalue weighted by Crippen LogP contribution is -2.73. The third-order valence-corrected chi connectivity index (χ3v) is 3.58. The van der Waals surface area contributed by atoms with Gasteiger partial charge in [0.25, 0.3) is 0 Å². The van der Waals surface area contributed by atoms with Gasteiger partial charge in [-0.05, 0) is 19.4 Å². The van der Waals surface area contributed by atoms with E-state index in [9.17, 15) is 0 Å². The normalized spacial score (nSPS) is 45.7. The summed E-state index contributed by atoms with van der Waals surface area (Å²) in [7, 11) is 0. The fraction of sp³-hybridized carbons (Fsp3) is 1.00. The van der Waals surface area contributed by atoms with E-state index in [4.69, 9.17) is 0 Å². The van der Waals surface area contributed by atoms with Crippen molar-refractivity contribution < 1.29 is 0 Å². The van der Waals surface area contributed by atoms with Crippen LogP contribution in [-0.4, -0.2) is 49.3 Å². The maximum absolute atomic E-state index is 3.63. The van der Waals surface area contributed by atoms with Gasteiger partial charge in [-0.3, -0.25) is 5.43 Å². The van der Waals surface area contributed by atoms with Crippen molar-refractivity contribution in [2.75, 3.05) is 26.2 Å². The second-order valence-electron chi connectivity index (χ2n) is 4.29. The van der Waals surface area contributed by atoms with E-state index in [2.05, 4.69) is 21.1 Å². The fourth-order valence-corrected chi connectivity index (χ4v) is 2.99. The van der Waals surface area contributed by atoms with Gasteiger partial charge in [-0.1, -0.05) is 0 Å². The van der Waals surface area contributed by atoms with Gasteiger partial charge in [0.1, 0.15) is 0 Å². The Hall–Kier alpha value is -0.160. The average molecular weight is 182 g/mol. The van der Waals surface area contributed by atoms with Crippen molar-refractivity contribution in [1.29, 1.82) is 0 Å². The molecule has 74 valence electrons. The zero-order valence-corrected chi connectivity index (χ0v) is 7.92. The Morgan fingerprint density at radius 3 is 2.62 bits per heavy atom. The van der Waals surface area contributed by atoms with E-state index >= 15 is 0 Å². The van der Waals surface area contributed by atoms with Crippen LogP contribution in [0.1, 0.15) is 12.8 Å². The number of hydrazine groups is 1. The van der Waals surface area contributed by atoms with E-state index in [1.165, 1.54) is 19.4 Å². The molecule has 0 radical (unpaired) electrons. The number of piperazine rings is 1. The number of piperidine rings is 1. The Labute approximate surface area is 79.0 Å². The molecule has 3 N–H and O–H groups in total. The van der Waals surface area contributed by atoms with E-state index < -0.39 is 0 Å². The van der Waals surface area contributed by atoms with E-state index in [0.717, 1.165) is 19.6 Å². The maximum Gasteiger partial charge on any atom is 0.0551 e. The van der Waals surface area contributed by atoms with Crippen LogP contribution in [0.15, 0.2) is 0 Å². The molecular formula is C9H18N4. The summed E-state index contributed by atoms with van der Waals surface area (Å²) in [4.78, 5) is 0. The Kier molecular flexibility index (Phi) is 2.01. The van der Waals surface area contributed by atoms with Gasteiger partial charge in [0, 0.05) is 31.7 Å². The quantitative estimate of drug-likeness (QED) is 0.445. The Balaban J connectivity index is 1.82. The molecule has 0 aliphatic carbocycles. The van der Waals surface area contributed by atoms with E-state index in [1.54, 1.807) is 0 Å². The van der Waals surface area contributed by atoms with Crippen LogP contribution in [0.4, 0.5) is 0 Å². The highest BCUT2D eigenvalue weighted by Gasteiger charge is 2.41.